The number of amides is 1. The van der Waals surface area contributed by atoms with Crippen LogP contribution in [-0.2, 0) is 4.79 Å². The highest BCUT2D eigenvalue weighted by atomic mass is 32.2. The van der Waals surface area contributed by atoms with Gasteiger partial charge in [-0.2, -0.15) is 17.0 Å². The number of nitriles is 1. The summed E-state index contributed by atoms with van der Waals surface area (Å²) in [6.45, 7) is 1.97. The quantitative estimate of drug-likeness (QED) is 0.774. The molecule has 0 aromatic rings. The molecule has 0 atom stereocenters. The highest BCUT2D eigenvalue weighted by molar-refractivity contribution is 7.99. The minimum atomic E-state index is -0.572. The fourth-order valence-corrected chi connectivity index (χ4v) is 2.73. The molecule has 14 heavy (non-hydrogen) atoms. The first kappa shape index (κ1) is 11.4. The Labute approximate surface area is 89.2 Å². The third kappa shape index (κ3) is 2.91. The first-order valence-electron chi connectivity index (χ1n) is 5.02. The standard InChI is InChI=1S/C10H16N2OS/c1-2-3-9(13)12-10(8-11)4-6-14-7-5-10/h2-7H2,1H3,(H,12,13). The molecule has 0 radical (unpaired) electrons. The predicted molar refractivity (Wildman–Crippen MR) is 58.0 cm³/mol. The lowest BCUT2D eigenvalue weighted by Crippen LogP contribution is -2.49. The van der Waals surface area contributed by atoms with Gasteiger partial charge in [-0.3, -0.25) is 4.79 Å². The number of thioether (sulfide) groups is 1. The molecule has 0 aromatic carbocycles. The first-order chi connectivity index (χ1) is 6.72. The topological polar surface area (TPSA) is 52.9 Å². The van der Waals surface area contributed by atoms with Crippen molar-refractivity contribution in [3.8, 4) is 6.07 Å². The molecule has 0 saturated carbocycles. The Morgan fingerprint density at radius 3 is 2.71 bits per heavy atom. The number of nitrogens with one attached hydrogen (secondary N) is 1. The van der Waals surface area contributed by atoms with Crippen LogP contribution in [0.1, 0.15) is 32.6 Å². The molecule has 0 aliphatic carbocycles. The Hall–Kier alpha value is -0.690. The number of rotatable bonds is 3. The molecule has 1 aliphatic heterocycles. The molecule has 3 nitrogen and oxygen atoms in total. The molecule has 78 valence electrons. The fourth-order valence-electron chi connectivity index (χ4n) is 1.54. The van der Waals surface area contributed by atoms with Crippen molar-refractivity contribution < 1.29 is 4.79 Å². The van der Waals surface area contributed by atoms with Gasteiger partial charge in [-0.25, -0.2) is 0 Å². The van der Waals surface area contributed by atoms with Crippen molar-refractivity contribution in [2.75, 3.05) is 11.5 Å². The van der Waals surface area contributed by atoms with Crippen molar-refractivity contribution in [1.82, 2.24) is 5.32 Å². The van der Waals surface area contributed by atoms with Crippen LogP contribution in [0.25, 0.3) is 0 Å². The van der Waals surface area contributed by atoms with Crippen LogP contribution in [-0.4, -0.2) is 23.0 Å². The van der Waals surface area contributed by atoms with Crippen LogP contribution in [0.5, 0.6) is 0 Å². The van der Waals surface area contributed by atoms with Gasteiger partial charge < -0.3 is 5.32 Å². The van der Waals surface area contributed by atoms with Gasteiger partial charge in [0.1, 0.15) is 5.54 Å². The predicted octanol–water partition coefficient (Wildman–Crippen LogP) is 1.69. The number of hydrogen-bond donors (Lipinski definition) is 1. The van der Waals surface area contributed by atoms with Gasteiger partial charge in [-0.15, -0.1) is 0 Å². The molecule has 1 saturated heterocycles. The van der Waals surface area contributed by atoms with Gasteiger partial charge in [0.15, 0.2) is 0 Å². The molecular formula is C10H16N2OS. The zero-order valence-electron chi connectivity index (χ0n) is 8.51. The van der Waals surface area contributed by atoms with Gasteiger partial charge in [0.25, 0.3) is 0 Å². The number of hydrogen-bond acceptors (Lipinski definition) is 3. The number of carbonyl (C=O) groups excluding carboxylic acids is 1. The summed E-state index contributed by atoms with van der Waals surface area (Å²) in [5.74, 6) is 1.96. The normalized spacial score (nSPS) is 19.7. The highest BCUT2D eigenvalue weighted by Crippen LogP contribution is 2.26. The van der Waals surface area contributed by atoms with Crippen LogP contribution in [0.2, 0.25) is 0 Å². The summed E-state index contributed by atoms with van der Waals surface area (Å²) in [6, 6.07) is 2.26. The SMILES string of the molecule is CCCC(=O)NC1(C#N)CCSCC1. The molecule has 1 amide bonds. The number of carbonyl (C=O) groups is 1. The summed E-state index contributed by atoms with van der Waals surface area (Å²) in [6.07, 6.45) is 2.92. The molecule has 0 bridgehead atoms. The Bertz CT molecular complexity index is 241. The van der Waals surface area contributed by atoms with Crippen LogP contribution in [0.3, 0.4) is 0 Å². The fraction of sp³-hybridized carbons (Fsp3) is 0.800. The molecule has 1 aliphatic rings. The zero-order chi connectivity index (χ0) is 10.4. The van der Waals surface area contributed by atoms with Gasteiger partial charge in [0.05, 0.1) is 6.07 Å². The minimum absolute atomic E-state index is 0.0148. The largest absolute Gasteiger partial charge is 0.338 e. The molecule has 0 spiro atoms. The van der Waals surface area contributed by atoms with Gasteiger partial charge in [0.2, 0.25) is 5.91 Å². The van der Waals surface area contributed by atoms with Gasteiger partial charge in [0, 0.05) is 6.42 Å². The van der Waals surface area contributed by atoms with Crippen molar-refractivity contribution in [2.24, 2.45) is 0 Å². The Morgan fingerprint density at radius 1 is 1.57 bits per heavy atom. The Morgan fingerprint density at radius 2 is 2.21 bits per heavy atom. The average molecular weight is 212 g/mol. The summed E-state index contributed by atoms with van der Waals surface area (Å²) in [5.41, 5.74) is -0.572. The lowest BCUT2D eigenvalue weighted by atomic mass is 9.94. The summed E-state index contributed by atoms with van der Waals surface area (Å²) >= 11 is 1.85. The van der Waals surface area contributed by atoms with E-state index in [4.69, 9.17) is 5.26 Å². The second-order valence-electron chi connectivity index (χ2n) is 3.60. The molecule has 1 rings (SSSR count). The summed E-state index contributed by atoms with van der Waals surface area (Å²) in [5, 5.41) is 12.0. The summed E-state index contributed by atoms with van der Waals surface area (Å²) in [7, 11) is 0. The summed E-state index contributed by atoms with van der Waals surface area (Å²) in [4.78, 5) is 11.4. The van der Waals surface area contributed by atoms with Crippen molar-refractivity contribution >= 4 is 17.7 Å². The van der Waals surface area contributed by atoms with Crippen LogP contribution in [0.15, 0.2) is 0 Å². The number of nitrogens with zero attached hydrogens (tertiary/aromatic N) is 1. The lowest BCUT2D eigenvalue weighted by Gasteiger charge is -2.31. The van der Waals surface area contributed by atoms with E-state index in [2.05, 4.69) is 11.4 Å². The van der Waals surface area contributed by atoms with Crippen LogP contribution in [0.4, 0.5) is 0 Å². The van der Waals surface area contributed by atoms with Gasteiger partial charge in [-0.1, -0.05) is 6.92 Å². The van der Waals surface area contributed by atoms with Crippen LogP contribution in [0, 0.1) is 11.3 Å². The highest BCUT2D eigenvalue weighted by Gasteiger charge is 2.33. The maximum atomic E-state index is 11.4. The molecule has 0 aromatic heterocycles. The molecule has 1 fully saturated rings. The average Bonchev–Trinajstić information content (AvgIpc) is 2.19. The molecule has 1 N–H and O–H groups in total. The van der Waals surface area contributed by atoms with Crippen molar-refractivity contribution in [2.45, 2.75) is 38.1 Å². The first-order valence-corrected chi connectivity index (χ1v) is 6.18. The van der Waals surface area contributed by atoms with Crippen LogP contribution < -0.4 is 5.32 Å². The van der Waals surface area contributed by atoms with E-state index in [1.165, 1.54) is 0 Å². The minimum Gasteiger partial charge on any atom is -0.338 e. The monoisotopic (exact) mass is 212 g/mol. The van der Waals surface area contributed by atoms with E-state index in [9.17, 15) is 4.79 Å². The smallest absolute Gasteiger partial charge is 0.221 e. The third-order valence-electron chi connectivity index (χ3n) is 2.42. The van der Waals surface area contributed by atoms with Crippen molar-refractivity contribution in [3.05, 3.63) is 0 Å². The third-order valence-corrected chi connectivity index (χ3v) is 3.40. The lowest BCUT2D eigenvalue weighted by molar-refractivity contribution is -0.122. The molecular weight excluding hydrogens is 196 g/mol. The van der Waals surface area contributed by atoms with Crippen molar-refractivity contribution in [3.63, 3.8) is 0 Å². The van der Waals surface area contributed by atoms with E-state index in [1.807, 2.05) is 18.7 Å². The van der Waals surface area contributed by atoms with Gasteiger partial charge >= 0.3 is 0 Å². The van der Waals surface area contributed by atoms with Crippen molar-refractivity contribution in [1.29, 1.82) is 5.26 Å². The summed E-state index contributed by atoms with van der Waals surface area (Å²) < 4.78 is 0. The molecule has 4 heteroatoms. The van der Waals surface area contributed by atoms with Gasteiger partial charge in [-0.05, 0) is 30.8 Å². The van der Waals surface area contributed by atoms with E-state index >= 15 is 0 Å². The van der Waals surface area contributed by atoms with E-state index in [-0.39, 0.29) is 5.91 Å². The second-order valence-corrected chi connectivity index (χ2v) is 4.83. The molecule has 0 unspecified atom stereocenters. The van der Waals surface area contributed by atoms with E-state index in [0.29, 0.717) is 6.42 Å². The Kier molecular flexibility index (Phi) is 4.27. The van der Waals surface area contributed by atoms with E-state index in [1.54, 1.807) is 0 Å². The molecule has 1 heterocycles. The maximum Gasteiger partial charge on any atom is 0.221 e. The van der Waals surface area contributed by atoms with Crippen LogP contribution >= 0.6 is 11.8 Å². The second kappa shape index (κ2) is 5.26. The maximum absolute atomic E-state index is 11.4. The zero-order valence-corrected chi connectivity index (χ0v) is 9.32. The van der Waals surface area contributed by atoms with E-state index < -0.39 is 5.54 Å². The van der Waals surface area contributed by atoms with E-state index in [0.717, 1.165) is 30.8 Å². The Balaban J connectivity index is 2.52.